The molecule has 4 rings (SSSR count). The first-order valence-electron chi connectivity index (χ1n) is 15.0. The molecule has 0 aliphatic carbocycles. The normalized spacial score (nSPS) is 13.0. The first kappa shape index (κ1) is 36.8. The first-order valence-corrected chi connectivity index (χ1v) is 17.2. The molecule has 0 aromatic heterocycles. The predicted octanol–water partition coefficient (Wildman–Crippen LogP) is 7.76. The minimum absolute atomic E-state index is 0.0764. The molecule has 0 aliphatic rings. The molecule has 2 amide bonds. The average Bonchev–Trinajstić information content (AvgIpc) is 3.06. The highest BCUT2D eigenvalue weighted by Crippen LogP contribution is 2.38. The lowest BCUT2D eigenvalue weighted by atomic mass is 10.0. The van der Waals surface area contributed by atoms with E-state index in [1.165, 1.54) is 29.2 Å². The molecule has 1 N–H and O–H groups in total. The van der Waals surface area contributed by atoms with Gasteiger partial charge in [0.15, 0.2) is 0 Å². The van der Waals surface area contributed by atoms with Crippen molar-refractivity contribution in [2.75, 3.05) is 10.8 Å². The van der Waals surface area contributed by atoms with Gasteiger partial charge < -0.3 is 10.2 Å². The van der Waals surface area contributed by atoms with E-state index in [-0.39, 0.29) is 23.9 Å². The SMILES string of the molecule is CC[C@H](C)NC(=O)[C@@H](Cc1ccccc1)N(Cc1ccc(Cl)cc1)C(=O)CN(c1ccc(Cl)c(C(F)(F)F)c1)S(=O)(=O)c1ccccc1. The van der Waals surface area contributed by atoms with E-state index in [0.29, 0.717) is 27.4 Å². The van der Waals surface area contributed by atoms with Gasteiger partial charge in [0.05, 0.1) is 21.2 Å². The average molecular weight is 721 g/mol. The Labute approximate surface area is 288 Å². The van der Waals surface area contributed by atoms with Gasteiger partial charge in [0, 0.05) is 24.0 Å². The number of rotatable bonds is 13. The van der Waals surface area contributed by atoms with Gasteiger partial charge >= 0.3 is 6.18 Å². The fourth-order valence-electron chi connectivity index (χ4n) is 4.92. The van der Waals surface area contributed by atoms with Crippen LogP contribution in [-0.2, 0) is 38.8 Å². The molecule has 0 saturated heterocycles. The molecule has 254 valence electrons. The van der Waals surface area contributed by atoms with Crippen molar-refractivity contribution in [2.45, 2.75) is 56.4 Å². The van der Waals surface area contributed by atoms with Gasteiger partial charge in [-0.05, 0) is 66.9 Å². The van der Waals surface area contributed by atoms with Crippen LogP contribution in [0.1, 0.15) is 37.0 Å². The van der Waals surface area contributed by atoms with Gasteiger partial charge in [0.1, 0.15) is 12.6 Å². The third kappa shape index (κ3) is 9.30. The third-order valence-electron chi connectivity index (χ3n) is 7.69. The number of nitrogens with one attached hydrogen (secondary N) is 1. The summed E-state index contributed by atoms with van der Waals surface area (Å²) in [6.45, 7) is 2.65. The molecular formula is C35H34Cl2F3N3O4S. The fraction of sp³-hybridized carbons (Fsp3) is 0.257. The van der Waals surface area contributed by atoms with Gasteiger partial charge in [0.2, 0.25) is 11.8 Å². The fourth-order valence-corrected chi connectivity index (χ4v) is 6.69. The van der Waals surface area contributed by atoms with Gasteiger partial charge in [-0.25, -0.2) is 8.42 Å². The quantitative estimate of drug-likeness (QED) is 0.153. The van der Waals surface area contributed by atoms with Crippen molar-refractivity contribution in [3.63, 3.8) is 0 Å². The van der Waals surface area contributed by atoms with Gasteiger partial charge in [-0.3, -0.25) is 13.9 Å². The number of nitrogens with zero attached hydrogens (tertiary/aromatic N) is 2. The van der Waals surface area contributed by atoms with Crippen LogP contribution in [0.2, 0.25) is 10.0 Å². The highest BCUT2D eigenvalue weighted by atomic mass is 35.5. The van der Waals surface area contributed by atoms with Gasteiger partial charge in [-0.1, -0.05) is 90.8 Å². The molecule has 0 unspecified atom stereocenters. The summed E-state index contributed by atoms with van der Waals surface area (Å²) in [5.74, 6) is -1.30. The molecule has 13 heteroatoms. The van der Waals surface area contributed by atoms with Gasteiger partial charge in [0.25, 0.3) is 10.0 Å². The molecule has 0 radical (unpaired) electrons. The van der Waals surface area contributed by atoms with E-state index in [4.69, 9.17) is 23.2 Å². The van der Waals surface area contributed by atoms with Crippen molar-refractivity contribution < 1.29 is 31.2 Å². The van der Waals surface area contributed by atoms with Crippen molar-refractivity contribution in [3.05, 3.63) is 130 Å². The number of sulfonamides is 1. The Kier molecular flexibility index (Phi) is 12.2. The number of hydrogen-bond donors (Lipinski definition) is 1. The van der Waals surface area contributed by atoms with E-state index >= 15 is 0 Å². The van der Waals surface area contributed by atoms with E-state index < -0.39 is 56.9 Å². The van der Waals surface area contributed by atoms with Gasteiger partial charge in [-0.2, -0.15) is 13.2 Å². The molecule has 48 heavy (non-hydrogen) atoms. The Balaban J connectivity index is 1.86. The van der Waals surface area contributed by atoms with Crippen molar-refractivity contribution in [1.82, 2.24) is 10.2 Å². The number of alkyl halides is 3. The summed E-state index contributed by atoms with van der Waals surface area (Å²) < 4.78 is 70.5. The van der Waals surface area contributed by atoms with Gasteiger partial charge in [-0.15, -0.1) is 0 Å². The summed E-state index contributed by atoms with van der Waals surface area (Å²) in [5.41, 5.74) is -0.378. The molecular weight excluding hydrogens is 686 g/mol. The van der Waals surface area contributed by atoms with Crippen molar-refractivity contribution in [1.29, 1.82) is 0 Å². The highest BCUT2D eigenvalue weighted by molar-refractivity contribution is 7.92. The molecule has 7 nitrogen and oxygen atoms in total. The minimum atomic E-state index is -4.91. The molecule has 4 aromatic carbocycles. The second-order valence-corrected chi connectivity index (χ2v) is 13.9. The summed E-state index contributed by atoms with van der Waals surface area (Å²) >= 11 is 12.0. The number of anilines is 1. The Morgan fingerprint density at radius 1 is 0.854 bits per heavy atom. The second-order valence-electron chi connectivity index (χ2n) is 11.2. The van der Waals surface area contributed by atoms with Crippen LogP contribution in [0.25, 0.3) is 0 Å². The zero-order chi connectivity index (χ0) is 35.1. The van der Waals surface area contributed by atoms with Crippen LogP contribution in [0, 0.1) is 0 Å². The Bertz CT molecular complexity index is 1810. The number of carbonyl (C=O) groups excluding carboxylic acids is 2. The van der Waals surface area contributed by atoms with Crippen LogP contribution < -0.4 is 9.62 Å². The van der Waals surface area contributed by atoms with E-state index in [2.05, 4.69) is 5.32 Å². The number of amides is 2. The van der Waals surface area contributed by atoms with Crippen molar-refractivity contribution in [2.24, 2.45) is 0 Å². The lowest BCUT2D eigenvalue weighted by molar-refractivity contribution is -0.140. The zero-order valence-corrected chi connectivity index (χ0v) is 28.5. The largest absolute Gasteiger partial charge is 0.417 e. The topological polar surface area (TPSA) is 86.8 Å². The number of halogens is 5. The molecule has 0 heterocycles. The van der Waals surface area contributed by atoms with E-state index in [1.54, 1.807) is 54.6 Å². The maximum Gasteiger partial charge on any atom is 0.417 e. The van der Waals surface area contributed by atoms with Crippen LogP contribution in [0.3, 0.4) is 0 Å². The Morgan fingerprint density at radius 3 is 2.04 bits per heavy atom. The van der Waals surface area contributed by atoms with Crippen LogP contribution in [0.4, 0.5) is 18.9 Å². The molecule has 0 aliphatic heterocycles. The molecule has 2 atom stereocenters. The molecule has 0 spiro atoms. The maximum absolute atomic E-state index is 14.5. The van der Waals surface area contributed by atoms with Crippen molar-refractivity contribution in [3.8, 4) is 0 Å². The minimum Gasteiger partial charge on any atom is -0.352 e. The molecule has 4 aromatic rings. The second kappa shape index (κ2) is 15.9. The van der Waals surface area contributed by atoms with Crippen LogP contribution in [-0.4, -0.2) is 43.8 Å². The predicted molar refractivity (Wildman–Crippen MR) is 181 cm³/mol. The summed E-state index contributed by atoms with van der Waals surface area (Å²) in [5, 5.41) is 2.73. The van der Waals surface area contributed by atoms with Crippen LogP contribution >= 0.6 is 23.2 Å². The Morgan fingerprint density at radius 2 is 1.46 bits per heavy atom. The standard InChI is InChI=1S/C35H34Cl2F3N3O4S/c1-3-24(2)41-34(45)32(20-25-10-6-4-7-11-25)42(22-26-14-16-27(36)17-15-26)33(44)23-43(48(46,47)29-12-8-5-9-13-29)28-18-19-31(37)30(21-28)35(38,39)40/h4-19,21,24,32H,3,20,22-23H2,1-2H3,(H,41,45)/t24-,32+/m0/s1. The lowest BCUT2D eigenvalue weighted by Crippen LogP contribution is -2.54. The molecule has 0 saturated carbocycles. The first-order chi connectivity index (χ1) is 22.7. The Hall–Kier alpha value is -4.06. The van der Waals surface area contributed by atoms with Crippen molar-refractivity contribution >= 4 is 50.7 Å². The summed E-state index contributed by atoms with van der Waals surface area (Å²) in [7, 11) is -4.61. The van der Waals surface area contributed by atoms with E-state index in [1.807, 2.05) is 19.9 Å². The van der Waals surface area contributed by atoms with Crippen LogP contribution in [0.5, 0.6) is 0 Å². The van der Waals surface area contributed by atoms with E-state index in [0.717, 1.165) is 17.7 Å². The highest BCUT2D eigenvalue weighted by Gasteiger charge is 2.37. The maximum atomic E-state index is 14.5. The summed E-state index contributed by atoms with van der Waals surface area (Å²) in [6.07, 6.45) is -4.22. The number of hydrogen-bond acceptors (Lipinski definition) is 4. The number of carbonyl (C=O) groups is 2. The van der Waals surface area contributed by atoms with E-state index in [9.17, 15) is 31.2 Å². The monoisotopic (exact) mass is 719 g/mol. The number of benzene rings is 4. The third-order valence-corrected chi connectivity index (χ3v) is 10.1. The smallest absolute Gasteiger partial charge is 0.352 e. The lowest BCUT2D eigenvalue weighted by Gasteiger charge is -2.34. The molecule has 0 fully saturated rings. The summed E-state index contributed by atoms with van der Waals surface area (Å²) in [6, 6.07) is 23.9. The summed E-state index contributed by atoms with van der Waals surface area (Å²) in [4.78, 5) is 29.4. The van der Waals surface area contributed by atoms with Crippen LogP contribution in [0.15, 0.2) is 108 Å². The zero-order valence-electron chi connectivity index (χ0n) is 26.1. The molecule has 0 bridgehead atoms.